The lowest BCUT2D eigenvalue weighted by molar-refractivity contribution is 0.0730. The van der Waals surface area contributed by atoms with Crippen LogP contribution in [0.5, 0.6) is 0 Å². The van der Waals surface area contributed by atoms with Gasteiger partial charge in [-0.25, -0.2) is 23.4 Å². The van der Waals surface area contributed by atoms with E-state index >= 15 is 0 Å². The zero-order valence-corrected chi connectivity index (χ0v) is 19.3. The average molecular weight is 476 g/mol. The third-order valence-corrected chi connectivity index (χ3v) is 9.19. The van der Waals surface area contributed by atoms with Crippen LogP contribution in [0, 0.1) is 0 Å². The van der Waals surface area contributed by atoms with Gasteiger partial charge in [0.1, 0.15) is 17.2 Å². The third-order valence-electron chi connectivity index (χ3n) is 5.27. The lowest BCUT2D eigenvalue weighted by Crippen LogP contribution is -2.40. The molecule has 0 saturated carbocycles. The summed E-state index contributed by atoms with van der Waals surface area (Å²) in [5.74, 6) is 1.53. The molecule has 0 unspecified atom stereocenters. The van der Waals surface area contributed by atoms with Crippen molar-refractivity contribution in [2.45, 2.75) is 29.1 Å². The number of ether oxygens (including phenoxy) is 1. The number of rotatable bonds is 6. The van der Waals surface area contributed by atoms with Gasteiger partial charge in [0, 0.05) is 19.6 Å². The van der Waals surface area contributed by atoms with Gasteiger partial charge in [-0.3, -0.25) is 0 Å². The van der Waals surface area contributed by atoms with E-state index in [2.05, 4.69) is 21.5 Å². The molecule has 0 radical (unpaired) electrons. The molecule has 11 heteroatoms. The van der Waals surface area contributed by atoms with E-state index < -0.39 is 10.0 Å². The Balaban J connectivity index is 1.46. The van der Waals surface area contributed by atoms with Crippen LogP contribution in [0.4, 0.5) is 0 Å². The number of sulfonamides is 1. The molecule has 5 rings (SSSR count). The number of morpholine rings is 1. The molecule has 0 spiro atoms. The molecule has 1 aliphatic heterocycles. The first-order valence-electron chi connectivity index (χ1n) is 9.96. The number of aromatic nitrogens is 4. The van der Waals surface area contributed by atoms with Crippen LogP contribution in [-0.4, -0.2) is 58.5 Å². The first kappa shape index (κ1) is 20.8. The predicted octanol–water partition coefficient (Wildman–Crippen LogP) is 3.37. The van der Waals surface area contributed by atoms with Gasteiger partial charge >= 0.3 is 0 Å². The molecule has 0 atom stereocenters. The Kier molecular flexibility index (Phi) is 5.69. The Bertz CT molecular complexity index is 1340. The summed E-state index contributed by atoms with van der Waals surface area (Å²) in [6.45, 7) is 4.42. The summed E-state index contributed by atoms with van der Waals surface area (Å²) < 4.78 is 36.0. The Morgan fingerprint density at radius 2 is 2.00 bits per heavy atom. The number of fused-ring (bicyclic) bond motifs is 2. The van der Waals surface area contributed by atoms with Gasteiger partial charge in [0.05, 0.1) is 45.1 Å². The second-order valence-electron chi connectivity index (χ2n) is 7.04. The Morgan fingerprint density at radius 3 is 2.81 bits per heavy atom. The molecule has 1 saturated heterocycles. The normalized spacial score (nSPS) is 15.8. The van der Waals surface area contributed by atoms with Crippen molar-refractivity contribution in [1.82, 2.24) is 23.8 Å². The van der Waals surface area contributed by atoms with Gasteiger partial charge in [-0.05, 0) is 36.6 Å². The molecule has 0 aliphatic carbocycles. The first-order chi connectivity index (χ1) is 15.1. The fraction of sp³-hybridized carbons (Fsp3) is 0.350. The van der Waals surface area contributed by atoms with Crippen LogP contribution in [0.15, 0.2) is 45.9 Å². The molecule has 0 bridgehead atoms. The molecule has 8 nitrogen and oxygen atoms in total. The number of nitrogens with zero attached hydrogens (tertiary/aromatic N) is 5. The maximum Gasteiger partial charge on any atom is 0.243 e. The lowest BCUT2D eigenvalue weighted by atomic mass is 10.3. The highest BCUT2D eigenvalue weighted by Crippen LogP contribution is 2.32. The molecule has 1 aliphatic rings. The van der Waals surface area contributed by atoms with E-state index in [9.17, 15) is 8.42 Å². The first-order valence-corrected chi connectivity index (χ1v) is 13.3. The summed E-state index contributed by atoms with van der Waals surface area (Å²) in [6.07, 6.45) is 1.59. The second-order valence-corrected chi connectivity index (χ2v) is 10.9. The fourth-order valence-electron chi connectivity index (χ4n) is 3.72. The van der Waals surface area contributed by atoms with Crippen LogP contribution in [0.3, 0.4) is 0 Å². The van der Waals surface area contributed by atoms with Gasteiger partial charge in [0.25, 0.3) is 0 Å². The van der Waals surface area contributed by atoms with E-state index in [-0.39, 0.29) is 4.90 Å². The number of aryl methyl sites for hydroxylation is 1. The maximum absolute atomic E-state index is 13.0. The number of thioether (sulfide) groups is 1. The highest BCUT2D eigenvalue weighted by molar-refractivity contribution is 7.98. The summed E-state index contributed by atoms with van der Waals surface area (Å²) >= 11 is 3.25. The molecular weight excluding hydrogens is 454 g/mol. The standard InChI is InChI=1S/C20H21N5O3S3/c1-2-25-17-4-3-14(31(26,27)24-6-8-28-9-7-24)11-16(17)23-18(25)12-30-20-19-15(5-10-29-19)21-13-22-20/h3-5,10-11,13H,2,6-9,12H2,1H3. The molecular formula is C20H21N5O3S3. The van der Waals surface area contributed by atoms with Crippen molar-refractivity contribution in [3.8, 4) is 0 Å². The Morgan fingerprint density at radius 1 is 1.16 bits per heavy atom. The van der Waals surface area contributed by atoms with E-state index in [0.29, 0.717) is 37.6 Å². The van der Waals surface area contributed by atoms with Gasteiger partial charge in [-0.2, -0.15) is 4.31 Å². The summed E-state index contributed by atoms with van der Waals surface area (Å²) in [5, 5.41) is 2.95. The molecule has 162 valence electrons. The largest absolute Gasteiger partial charge is 0.379 e. The molecule has 0 amide bonds. The minimum absolute atomic E-state index is 0.276. The van der Waals surface area contributed by atoms with Crippen LogP contribution in [0.1, 0.15) is 12.7 Å². The van der Waals surface area contributed by atoms with E-state index in [1.54, 1.807) is 41.6 Å². The van der Waals surface area contributed by atoms with Gasteiger partial charge < -0.3 is 9.30 Å². The fourth-order valence-corrected chi connectivity index (χ4v) is 7.04. The molecule has 3 aromatic heterocycles. The number of hydrogen-bond donors (Lipinski definition) is 0. The van der Waals surface area contributed by atoms with Crippen LogP contribution in [0.25, 0.3) is 21.3 Å². The van der Waals surface area contributed by atoms with Crippen LogP contribution < -0.4 is 0 Å². The number of imidazole rings is 1. The van der Waals surface area contributed by atoms with Crippen molar-refractivity contribution in [1.29, 1.82) is 0 Å². The number of benzene rings is 1. The van der Waals surface area contributed by atoms with Crippen molar-refractivity contribution >= 4 is 54.4 Å². The van der Waals surface area contributed by atoms with Crippen LogP contribution in [-0.2, 0) is 27.1 Å². The smallest absolute Gasteiger partial charge is 0.243 e. The van der Waals surface area contributed by atoms with E-state index in [4.69, 9.17) is 9.72 Å². The van der Waals surface area contributed by atoms with E-state index in [1.165, 1.54) is 4.31 Å². The van der Waals surface area contributed by atoms with Gasteiger partial charge in [0.2, 0.25) is 10.0 Å². The third kappa shape index (κ3) is 3.85. The average Bonchev–Trinajstić information content (AvgIpc) is 3.42. The molecule has 4 heterocycles. The van der Waals surface area contributed by atoms with Gasteiger partial charge in [0.15, 0.2) is 0 Å². The Labute approximate surface area is 188 Å². The minimum Gasteiger partial charge on any atom is -0.379 e. The molecule has 1 fully saturated rings. The molecule has 31 heavy (non-hydrogen) atoms. The van der Waals surface area contributed by atoms with Crippen molar-refractivity contribution in [2.24, 2.45) is 0 Å². The van der Waals surface area contributed by atoms with E-state index in [1.807, 2.05) is 17.5 Å². The summed E-state index contributed by atoms with van der Waals surface area (Å²) in [6, 6.07) is 7.21. The summed E-state index contributed by atoms with van der Waals surface area (Å²) in [4.78, 5) is 13.8. The number of thiophene rings is 1. The maximum atomic E-state index is 13.0. The minimum atomic E-state index is -3.55. The van der Waals surface area contributed by atoms with Crippen molar-refractivity contribution in [3.63, 3.8) is 0 Å². The monoisotopic (exact) mass is 475 g/mol. The van der Waals surface area contributed by atoms with Crippen LogP contribution in [0.2, 0.25) is 0 Å². The second kappa shape index (κ2) is 8.47. The van der Waals surface area contributed by atoms with E-state index in [0.717, 1.165) is 33.1 Å². The SMILES string of the molecule is CCn1c(CSc2ncnc3ccsc23)nc2cc(S(=O)(=O)N3CCOCC3)ccc21. The van der Waals surface area contributed by atoms with Crippen molar-refractivity contribution < 1.29 is 13.2 Å². The lowest BCUT2D eigenvalue weighted by Gasteiger charge is -2.26. The van der Waals surface area contributed by atoms with Crippen molar-refractivity contribution in [3.05, 3.63) is 41.8 Å². The number of hydrogen-bond acceptors (Lipinski definition) is 8. The van der Waals surface area contributed by atoms with Crippen LogP contribution >= 0.6 is 23.1 Å². The summed E-state index contributed by atoms with van der Waals surface area (Å²) in [7, 11) is -3.55. The zero-order chi connectivity index (χ0) is 21.4. The van der Waals surface area contributed by atoms with Gasteiger partial charge in [-0.1, -0.05) is 11.8 Å². The molecule has 4 aromatic rings. The zero-order valence-electron chi connectivity index (χ0n) is 16.9. The predicted molar refractivity (Wildman–Crippen MR) is 122 cm³/mol. The molecule has 0 N–H and O–H groups in total. The highest BCUT2D eigenvalue weighted by atomic mass is 32.2. The summed E-state index contributed by atoms with van der Waals surface area (Å²) in [5.41, 5.74) is 2.57. The Hall–Kier alpha value is -2.05. The van der Waals surface area contributed by atoms with Gasteiger partial charge in [-0.15, -0.1) is 11.3 Å². The van der Waals surface area contributed by atoms with Crippen molar-refractivity contribution in [2.75, 3.05) is 26.3 Å². The quantitative estimate of drug-likeness (QED) is 0.312. The topological polar surface area (TPSA) is 90.2 Å². The molecule has 1 aromatic carbocycles. The highest BCUT2D eigenvalue weighted by Gasteiger charge is 2.27.